The van der Waals surface area contributed by atoms with Gasteiger partial charge >= 0.3 is 0 Å². The highest BCUT2D eigenvalue weighted by Crippen LogP contribution is 2.47. The van der Waals surface area contributed by atoms with Crippen molar-refractivity contribution >= 4 is 153 Å². The average molecular weight is 1440 g/mol. The molecule has 17 aromatic carbocycles. The molecule has 24 aromatic rings. The quantitative estimate of drug-likeness (QED) is 0.160. The number of para-hydroxylation sites is 7. The Morgan fingerprint density at radius 3 is 0.973 bits per heavy atom. The molecule has 0 unspecified atom stereocenters. The Hall–Kier alpha value is -14.7. The number of hydrogen-bond acceptors (Lipinski definition) is 3. The first-order valence-electron chi connectivity index (χ1n) is 38.4. The summed E-state index contributed by atoms with van der Waals surface area (Å²) in [6, 6.07) is 132. The van der Waals surface area contributed by atoms with Gasteiger partial charge in [0.25, 0.3) is 0 Å². The van der Waals surface area contributed by atoms with Crippen molar-refractivity contribution in [3.05, 3.63) is 387 Å². The largest absolute Gasteiger partial charge is 0.454 e. The summed E-state index contributed by atoms with van der Waals surface area (Å²) in [4.78, 5) is 0. The topological polar surface area (TPSA) is 59.1 Å². The summed E-state index contributed by atoms with van der Waals surface area (Å²) in [6.45, 7) is 6.52. The van der Waals surface area contributed by atoms with Crippen molar-refractivity contribution in [1.82, 2.24) is 18.3 Å². The first kappa shape index (κ1) is 64.5. The Kier molecular flexibility index (Phi) is 14.8. The van der Waals surface area contributed by atoms with Crippen LogP contribution < -0.4 is 0 Å². The van der Waals surface area contributed by atoms with Gasteiger partial charge in [0.1, 0.15) is 16.7 Å². The van der Waals surface area contributed by atoms with Crippen LogP contribution in [-0.2, 0) is 0 Å². The smallest absolute Gasteiger partial charge is 0.160 e. The lowest BCUT2D eigenvalue weighted by Crippen LogP contribution is -1.96. The number of hydrogen-bond donors (Lipinski definition) is 0. The fourth-order valence-corrected chi connectivity index (χ4v) is 17.8. The molecule has 7 aromatic heterocycles. The first-order chi connectivity index (χ1) is 55.3. The highest BCUT2D eigenvalue weighted by atomic mass is 16.3. The standard InChI is InChI=1S/C43H28N2O.2C31H21NO/c1-27-25-30(44-38-16-8-5-13-32(38)33-14-6-9-17-39(33)44)20-21-31(27)28-19-24-40-37(26-28)35-22-23-36-34-15-7-10-18-41(34)46-43(36)42(35)45(40)29-11-3-2-4-12-29;1-20-9-5-6-12-23(20)21-15-18-28-27(19-21)25-16-17-26-24-13-7-8-14-29(24)33-31(26)30(25)32(28)22-10-3-2-4-11-22;1-20-11-14-23(15-12-20)32-28-18-13-22(21-7-3-2-4-8-21)19-27(28)25-16-17-26-24-9-5-6-10-29(24)33-31(26)30(25)32/h2-26H,1H3;2*2-19H,1H3. The predicted octanol–water partition coefficient (Wildman–Crippen LogP) is 29.1. The van der Waals surface area contributed by atoms with E-state index in [-0.39, 0.29) is 0 Å². The predicted molar refractivity (Wildman–Crippen MR) is 469 cm³/mol. The number of aromatic nitrogens is 4. The monoisotopic (exact) mass is 1430 g/mol. The molecular weight excluding hydrogens is 1370 g/mol. The lowest BCUT2D eigenvalue weighted by atomic mass is 9.98. The van der Waals surface area contributed by atoms with Gasteiger partial charge in [-0.15, -0.1) is 0 Å². The van der Waals surface area contributed by atoms with Crippen LogP contribution >= 0.6 is 0 Å². The van der Waals surface area contributed by atoms with Crippen LogP contribution in [0.15, 0.2) is 383 Å². The molecule has 0 amide bonds. The normalized spacial score (nSPS) is 11.9. The van der Waals surface area contributed by atoms with Crippen molar-refractivity contribution in [2.24, 2.45) is 0 Å². The average Bonchev–Trinajstić information content (AvgIpc) is 1.57. The Balaban J connectivity index is 0.000000105. The van der Waals surface area contributed by atoms with Crippen molar-refractivity contribution in [1.29, 1.82) is 0 Å². The highest BCUT2D eigenvalue weighted by Gasteiger charge is 2.25. The zero-order valence-electron chi connectivity index (χ0n) is 61.7. The summed E-state index contributed by atoms with van der Waals surface area (Å²) in [5, 5.41) is 16.7. The van der Waals surface area contributed by atoms with Crippen LogP contribution in [0.4, 0.5) is 0 Å². The van der Waals surface area contributed by atoms with Gasteiger partial charge in [0.05, 0.1) is 44.1 Å². The van der Waals surface area contributed by atoms with Crippen molar-refractivity contribution in [2.75, 3.05) is 0 Å². The molecule has 0 atom stereocenters. The molecule has 24 rings (SSSR count). The minimum Gasteiger partial charge on any atom is -0.454 e. The van der Waals surface area contributed by atoms with E-state index in [2.05, 4.69) is 379 Å². The molecule has 0 spiro atoms. The minimum atomic E-state index is 0.912. The van der Waals surface area contributed by atoms with Crippen LogP contribution in [0.3, 0.4) is 0 Å². The molecule has 528 valence electrons. The summed E-state index contributed by atoms with van der Waals surface area (Å²) in [7, 11) is 0. The zero-order valence-corrected chi connectivity index (χ0v) is 61.7. The number of furan rings is 3. The Labute approximate surface area is 644 Å². The summed E-state index contributed by atoms with van der Waals surface area (Å²) < 4.78 is 29.0. The maximum atomic E-state index is 6.58. The SMILES string of the molecule is Cc1cc(-n2c3ccccc3c3ccccc32)ccc1-c1ccc2c(c1)c1ccc3c4ccccc4oc3c1n2-c1ccccc1.Cc1ccc(-n2c3ccc(-c4ccccc4)cc3c3ccc4c5ccccc5oc4c32)cc1.Cc1ccccc1-c1ccc2c(c1)c1ccc3c4ccccc4oc3c1n2-c1ccccc1. The van der Waals surface area contributed by atoms with Crippen molar-refractivity contribution < 1.29 is 13.3 Å². The molecule has 0 saturated heterocycles. The van der Waals surface area contributed by atoms with E-state index >= 15 is 0 Å². The molecule has 0 saturated carbocycles. The lowest BCUT2D eigenvalue weighted by molar-refractivity contribution is 0.670. The molecule has 0 aliphatic carbocycles. The Morgan fingerprint density at radius 1 is 0.188 bits per heavy atom. The molecule has 7 heteroatoms. The van der Waals surface area contributed by atoms with Crippen molar-refractivity contribution in [2.45, 2.75) is 20.8 Å². The van der Waals surface area contributed by atoms with Crippen LogP contribution in [0.5, 0.6) is 0 Å². The Bertz CT molecular complexity index is 7840. The maximum absolute atomic E-state index is 6.58. The van der Waals surface area contributed by atoms with Crippen molar-refractivity contribution in [3.63, 3.8) is 0 Å². The van der Waals surface area contributed by atoms with Crippen LogP contribution in [0.25, 0.3) is 209 Å². The number of aryl methyl sites for hydroxylation is 3. The maximum Gasteiger partial charge on any atom is 0.160 e. The Morgan fingerprint density at radius 2 is 0.527 bits per heavy atom. The summed E-state index contributed by atoms with van der Waals surface area (Å²) >= 11 is 0. The van der Waals surface area contributed by atoms with Gasteiger partial charge in [-0.3, -0.25) is 0 Å². The number of nitrogens with zero attached hydrogens (tertiary/aromatic N) is 4. The van der Waals surface area contributed by atoms with Crippen LogP contribution in [0, 0.1) is 20.8 Å². The lowest BCUT2D eigenvalue weighted by Gasteiger charge is -2.13. The number of benzene rings is 17. The third kappa shape index (κ3) is 10.2. The molecule has 0 aliphatic heterocycles. The second kappa shape index (κ2) is 25.8. The van der Waals surface area contributed by atoms with E-state index in [4.69, 9.17) is 13.3 Å². The molecule has 0 aliphatic rings. The van der Waals surface area contributed by atoms with Gasteiger partial charge in [0.15, 0.2) is 16.7 Å². The molecular formula is C105H70N4O3. The van der Waals surface area contributed by atoms with Crippen LogP contribution in [0.2, 0.25) is 0 Å². The van der Waals surface area contributed by atoms with Gasteiger partial charge in [0, 0.05) is 98.2 Å². The van der Waals surface area contributed by atoms with E-state index in [1.165, 1.54) is 121 Å². The van der Waals surface area contributed by atoms with E-state index in [9.17, 15) is 0 Å². The van der Waals surface area contributed by atoms with E-state index in [1.54, 1.807) is 0 Å². The minimum absolute atomic E-state index is 0.912. The van der Waals surface area contributed by atoms with Gasteiger partial charge in [-0.25, -0.2) is 0 Å². The van der Waals surface area contributed by atoms with E-state index in [0.717, 1.165) is 105 Å². The number of fused-ring (bicyclic) bond motifs is 24. The molecule has 7 nitrogen and oxygen atoms in total. The molecule has 0 bridgehead atoms. The molecule has 112 heavy (non-hydrogen) atoms. The molecule has 7 heterocycles. The summed E-state index contributed by atoms with van der Waals surface area (Å²) in [5.41, 5.74) is 30.6. The second-order valence-corrected chi connectivity index (χ2v) is 29.6. The zero-order chi connectivity index (χ0) is 74.2. The molecule has 0 radical (unpaired) electrons. The fourth-order valence-electron chi connectivity index (χ4n) is 17.8. The van der Waals surface area contributed by atoms with Gasteiger partial charge in [-0.2, -0.15) is 0 Å². The molecule has 0 N–H and O–H groups in total. The van der Waals surface area contributed by atoms with Crippen molar-refractivity contribution in [3.8, 4) is 56.1 Å². The third-order valence-corrected chi connectivity index (χ3v) is 23.1. The van der Waals surface area contributed by atoms with E-state index in [1.807, 2.05) is 30.3 Å². The van der Waals surface area contributed by atoms with Gasteiger partial charge in [0.2, 0.25) is 0 Å². The van der Waals surface area contributed by atoms with Gasteiger partial charge in [-0.1, -0.05) is 242 Å². The second-order valence-electron chi connectivity index (χ2n) is 29.6. The summed E-state index contributed by atoms with van der Waals surface area (Å²) in [5.74, 6) is 0. The molecule has 0 fully saturated rings. The van der Waals surface area contributed by atoms with Crippen LogP contribution in [0.1, 0.15) is 16.7 Å². The first-order valence-corrected chi connectivity index (χ1v) is 38.4. The summed E-state index contributed by atoms with van der Waals surface area (Å²) in [6.07, 6.45) is 0. The van der Waals surface area contributed by atoms with Crippen LogP contribution in [-0.4, -0.2) is 18.3 Å². The van der Waals surface area contributed by atoms with E-state index < -0.39 is 0 Å². The van der Waals surface area contributed by atoms with Gasteiger partial charge in [-0.05, 0) is 199 Å². The van der Waals surface area contributed by atoms with E-state index in [0.29, 0.717) is 0 Å². The number of rotatable bonds is 7. The highest BCUT2D eigenvalue weighted by molar-refractivity contribution is 6.25. The fraction of sp³-hybridized carbons (Fsp3) is 0.0286. The van der Waals surface area contributed by atoms with Gasteiger partial charge < -0.3 is 31.5 Å². The third-order valence-electron chi connectivity index (χ3n) is 23.1.